The third-order valence-electron chi connectivity index (χ3n) is 5.88. The second kappa shape index (κ2) is 10.5. The van der Waals surface area contributed by atoms with Gasteiger partial charge in [-0.3, -0.25) is 9.78 Å². The van der Waals surface area contributed by atoms with Gasteiger partial charge in [0, 0.05) is 44.8 Å². The van der Waals surface area contributed by atoms with Crippen LogP contribution in [0, 0.1) is 0 Å². The number of pyridine rings is 1. The zero-order valence-electron chi connectivity index (χ0n) is 18.3. The van der Waals surface area contributed by atoms with E-state index in [2.05, 4.69) is 10.1 Å². The predicted molar refractivity (Wildman–Crippen MR) is 118 cm³/mol. The summed E-state index contributed by atoms with van der Waals surface area (Å²) >= 11 is 0. The molecule has 1 atom stereocenters. The van der Waals surface area contributed by atoms with Crippen LogP contribution in [0.15, 0.2) is 59.4 Å². The van der Waals surface area contributed by atoms with Gasteiger partial charge in [0.25, 0.3) is 5.89 Å². The summed E-state index contributed by atoms with van der Waals surface area (Å²) in [4.78, 5) is 23.5. The summed E-state index contributed by atoms with van der Waals surface area (Å²) in [6.45, 7) is 2.21. The Morgan fingerprint density at radius 2 is 2.00 bits per heavy atom. The van der Waals surface area contributed by atoms with Crippen molar-refractivity contribution >= 4 is 5.91 Å². The number of carbonyl (C=O) groups is 1. The molecule has 0 aliphatic carbocycles. The summed E-state index contributed by atoms with van der Waals surface area (Å²) in [5, 5.41) is 4.31. The maximum absolute atomic E-state index is 12.9. The number of benzene rings is 1. The van der Waals surface area contributed by atoms with E-state index in [1.165, 1.54) is 0 Å². The minimum Gasteiger partial charge on any atom is -0.385 e. The summed E-state index contributed by atoms with van der Waals surface area (Å²) in [5.74, 6) is 1.04. The molecule has 0 N–H and O–H groups in total. The number of rotatable bonds is 9. The van der Waals surface area contributed by atoms with Crippen LogP contribution >= 0.6 is 0 Å². The summed E-state index contributed by atoms with van der Waals surface area (Å²) in [6, 6.07) is 13.5. The Bertz CT molecular complexity index is 996. The molecule has 32 heavy (non-hydrogen) atoms. The Morgan fingerprint density at radius 1 is 1.19 bits per heavy atom. The van der Waals surface area contributed by atoms with Crippen LogP contribution in [0.2, 0.25) is 0 Å². The Hall–Kier alpha value is -3.10. The quantitative estimate of drug-likeness (QED) is 0.509. The number of hydrogen-bond donors (Lipinski definition) is 0. The van der Waals surface area contributed by atoms with Gasteiger partial charge in [-0.15, -0.1) is 0 Å². The minimum atomic E-state index is -0.419. The molecule has 8 nitrogen and oxygen atoms in total. The van der Waals surface area contributed by atoms with E-state index in [0.717, 1.165) is 24.0 Å². The molecule has 3 aromatic rings. The molecule has 168 valence electrons. The SMILES string of the molecule is COCCC1(c2noc(-c3ccncc3)n2)CCCN(C(=O)COCc2ccccc2)C1. The van der Waals surface area contributed by atoms with Gasteiger partial charge in [-0.05, 0) is 37.0 Å². The van der Waals surface area contributed by atoms with Crippen molar-refractivity contribution in [2.45, 2.75) is 31.3 Å². The van der Waals surface area contributed by atoms with Gasteiger partial charge >= 0.3 is 0 Å². The minimum absolute atomic E-state index is 0.0275. The first-order chi connectivity index (χ1) is 15.7. The third kappa shape index (κ3) is 5.20. The lowest BCUT2D eigenvalue weighted by molar-refractivity contribution is -0.139. The molecule has 2 aromatic heterocycles. The normalized spacial score (nSPS) is 18.6. The van der Waals surface area contributed by atoms with Crippen molar-refractivity contribution < 1.29 is 18.8 Å². The summed E-state index contributed by atoms with van der Waals surface area (Å²) in [5.41, 5.74) is 1.44. The maximum atomic E-state index is 12.9. The molecule has 1 aliphatic rings. The number of piperidine rings is 1. The lowest BCUT2D eigenvalue weighted by Gasteiger charge is -2.40. The zero-order valence-corrected chi connectivity index (χ0v) is 18.3. The molecule has 1 amide bonds. The summed E-state index contributed by atoms with van der Waals surface area (Å²) in [7, 11) is 1.68. The number of methoxy groups -OCH3 is 1. The van der Waals surface area contributed by atoms with Gasteiger partial charge in [0.2, 0.25) is 5.91 Å². The number of ether oxygens (including phenoxy) is 2. The van der Waals surface area contributed by atoms with Crippen LogP contribution in [0.5, 0.6) is 0 Å². The molecule has 1 aromatic carbocycles. The van der Waals surface area contributed by atoms with Gasteiger partial charge < -0.3 is 18.9 Å². The standard InChI is InChI=1S/C24H28N4O4/c1-30-15-11-24(23-26-22(32-27-23)20-8-12-25-13-9-20)10-5-14-28(18-24)21(29)17-31-16-19-6-3-2-4-7-19/h2-4,6-9,12-13H,5,10-11,14-18H2,1H3. The topological polar surface area (TPSA) is 90.6 Å². The molecule has 0 spiro atoms. The number of aromatic nitrogens is 3. The van der Waals surface area contributed by atoms with Gasteiger partial charge in [-0.1, -0.05) is 35.5 Å². The lowest BCUT2D eigenvalue weighted by atomic mass is 9.76. The van der Waals surface area contributed by atoms with Crippen molar-refractivity contribution in [1.82, 2.24) is 20.0 Å². The van der Waals surface area contributed by atoms with E-state index in [4.69, 9.17) is 19.0 Å². The van der Waals surface area contributed by atoms with Crippen molar-refractivity contribution in [2.24, 2.45) is 0 Å². The maximum Gasteiger partial charge on any atom is 0.258 e. The van der Waals surface area contributed by atoms with Gasteiger partial charge in [0.05, 0.1) is 12.0 Å². The Kier molecular flexibility index (Phi) is 7.24. The van der Waals surface area contributed by atoms with E-state index in [1.807, 2.05) is 47.4 Å². The highest BCUT2D eigenvalue weighted by Gasteiger charge is 2.42. The summed E-state index contributed by atoms with van der Waals surface area (Å²) < 4.78 is 16.6. The Balaban J connectivity index is 1.46. The predicted octanol–water partition coefficient (Wildman–Crippen LogP) is 3.25. The van der Waals surface area contributed by atoms with Crippen molar-refractivity contribution in [2.75, 3.05) is 33.4 Å². The molecule has 3 heterocycles. The monoisotopic (exact) mass is 436 g/mol. The van der Waals surface area contributed by atoms with Crippen LogP contribution in [-0.2, 0) is 26.3 Å². The largest absolute Gasteiger partial charge is 0.385 e. The number of likely N-dealkylation sites (tertiary alicyclic amines) is 1. The molecular formula is C24H28N4O4. The highest BCUT2D eigenvalue weighted by atomic mass is 16.5. The Labute approximate surface area is 187 Å². The smallest absolute Gasteiger partial charge is 0.258 e. The van der Waals surface area contributed by atoms with E-state index in [0.29, 0.717) is 44.4 Å². The van der Waals surface area contributed by atoms with Crippen molar-refractivity contribution in [1.29, 1.82) is 0 Å². The molecule has 4 rings (SSSR count). The average Bonchev–Trinajstić information content (AvgIpc) is 3.35. The first-order valence-corrected chi connectivity index (χ1v) is 10.8. The molecule has 1 unspecified atom stereocenters. The van der Waals surface area contributed by atoms with Crippen LogP contribution in [-0.4, -0.2) is 59.3 Å². The van der Waals surface area contributed by atoms with Crippen LogP contribution in [0.25, 0.3) is 11.5 Å². The fourth-order valence-electron chi connectivity index (χ4n) is 4.11. The average molecular weight is 437 g/mol. The van der Waals surface area contributed by atoms with Crippen molar-refractivity contribution in [3.05, 3.63) is 66.2 Å². The third-order valence-corrected chi connectivity index (χ3v) is 5.88. The molecule has 1 saturated heterocycles. The molecule has 8 heteroatoms. The van der Waals surface area contributed by atoms with Crippen LogP contribution in [0.1, 0.15) is 30.7 Å². The van der Waals surface area contributed by atoms with Crippen LogP contribution < -0.4 is 0 Å². The van der Waals surface area contributed by atoms with Crippen molar-refractivity contribution in [3.63, 3.8) is 0 Å². The zero-order chi connectivity index (χ0) is 22.2. The number of amides is 1. The van der Waals surface area contributed by atoms with Crippen molar-refractivity contribution in [3.8, 4) is 11.5 Å². The first kappa shape index (κ1) is 22.1. The number of nitrogens with zero attached hydrogens (tertiary/aromatic N) is 4. The van der Waals surface area contributed by atoms with Crippen LogP contribution in [0.4, 0.5) is 0 Å². The molecule has 0 radical (unpaired) electrons. The van der Waals surface area contributed by atoms with Gasteiger partial charge in [0.1, 0.15) is 6.61 Å². The fraction of sp³-hybridized carbons (Fsp3) is 0.417. The van der Waals surface area contributed by atoms with E-state index >= 15 is 0 Å². The highest BCUT2D eigenvalue weighted by molar-refractivity contribution is 5.77. The molecule has 0 bridgehead atoms. The summed E-state index contributed by atoms with van der Waals surface area (Å²) in [6.07, 6.45) is 5.80. The number of carbonyl (C=O) groups excluding carboxylic acids is 1. The van der Waals surface area contributed by atoms with E-state index in [1.54, 1.807) is 19.5 Å². The number of hydrogen-bond acceptors (Lipinski definition) is 7. The molecule has 1 fully saturated rings. The van der Waals surface area contributed by atoms with Gasteiger partial charge in [-0.25, -0.2) is 0 Å². The van der Waals surface area contributed by atoms with E-state index < -0.39 is 5.41 Å². The van der Waals surface area contributed by atoms with E-state index in [-0.39, 0.29) is 12.5 Å². The molecule has 0 saturated carbocycles. The van der Waals surface area contributed by atoms with E-state index in [9.17, 15) is 4.79 Å². The molecular weight excluding hydrogens is 408 g/mol. The van der Waals surface area contributed by atoms with Gasteiger partial charge in [0.15, 0.2) is 5.82 Å². The second-order valence-corrected chi connectivity index (χ2v) is 8.08. The highest BCUT2D eigenvalue weighted by Crippen LogP contribution is 2.36. The second-order valence-electron chi connectivity index (χ2n) is 8.08. The fourth-order valence-corrected chi connectivity index (χ4v) is 4.11. The molecule has 1 aliphatic heterocycles. The van der Waals surface area contributed by atoms with Crippen LogP contribution in [0.3, 0.4) is 0 Å². The van der Waals surface area contributed by atoms with Gasteiger partial charge in [-0.2, -0.15) is 4.98 Å². The Morgan fingerprint density at radius 3 is 2.78 bits per heavy atom. The lowest BCUT2D eigenvalue weighted by Crippen LogP contribution is -2.50. The first-order valence-electron chi connectivity index (χ1n) is 10.8.